The maximum atomic E-state index is 6.18. The first-order chi connectivity index (χ1) is 9.65. The molecule has 2 saturated heterocycles. The number of hydrogen-bond acceptors (Lipinski definition) is 3. The van der Waals surface area contributed by atoms with Crippen molar-refractivity contribution in [1.29, 1.82) is 0 Å². The van der Waals surface area contributed by atoms with E-state index in [0.29, 0.717) is 0 Å². The zero-order chi connectivity index (χ0) is 14.1. The second kappa shape index (κ2) is 6.04. The van der Waals surface area contributed by atoms with Gasteiger partial charge in [0.25, 0.3) is 0 Å². The fourth-order valence-electron chi connectivity index (χ4n) is 3.60. The third-order valence-corrected chi connectivity index (χ3v) is 5.12. The van der Waals surface area contributed by atoms with Crippen molar-refractivity contribution in [1.82, 2.24) is 4.90 Å². The highest BCUT2D eigenvalue weighted by Gasteiger charge is 2.29. The van der Waals surface area contributed by atoms with Crippen LogP contribution in [0.25, 0.3) is 0 Å². The summed E-state index contributed by atoms with van der Waals surface area (Å²) < 4.78 is 1.12. The zero-order valence-corrected chi connectivity index (χ0v) is 13.8. The Labute approximate surface area is 130 Å². The standard InChI is InChI=1S/C16H24BrN3/c1-12(18)15-10-13(17)5-6-16(15)20-9-3-8-19-7-2-4-14(19)11-20/h5-6,10,12,14H,2-4,7-9,11,18H2,1H3. The van der Waals surface area contributed by atoms with E-state index in [1.807, 2.05) is 0 Å². The minimum absolute atomic E-state index is 0.0745. The molecule has 20 heavy (non-hydrogen) atoms. The normalized spacial score (nSPS) is 25.4. The second-order valence-electron chi connectivity index (χ2n) is 6.12. The van der Waals surface area contributed by atoms with E-state index in [2.05, 4.69) is 50.9 Å². The molecule has 1 aromatic carbocycles. The molecule has 0 aliphatic carbocycles. The van der Waals surface area contributed by atoms with Gasteiger partial charge < -0.3 is 10.6 Å². The molecule has 2 aliphatic rings. The van der Waals surface area contributed by atoms with Crippen LogP contribution in [0.15, 0.2) is 22.7 Å². The fraction of sp³-hybridized carbons (Fsp3) is 0.625. The molecule has 3 nitrogen and oxygen atoms in total. The average Bonchev–Trinajstić information content (AvgIpc) is 2.76. The fourth-order valence-corrected chi connectivity index (χ4v) is 3.98. The minimum atomic E-state index is 0.0745. The Bertz CT molecular complexity index is 475. The van der Waals surface area contributed by atoms with Crippen molar-refractivity contribution in [3.63, 3.8) is 0 Å². The van der Waals surface area contributed by atoms with Crippen molar-refractivity contribution >= 4 is 21.6 Å². The third-order valence-electron chi connectivity index (χ3n) is 4.62. The Morgan fingerprint density at radius 1 is 1.25 bits per heavy atom. The smallest absolute Gasteiger partial charge is 0.0415 e. The molecule has 0 amide bonds. The number of rotatable bonds is 2. The summed E-state index contributed by atoms with van der Waals surface area (Å²) >= 11 is 3.57. The van der Waals surface area contributed by atoms with Crippen LogP contribution in [0.1, 0.15) is 37.8 Å². The molecule has 4 heteroatoms. The first kappa shape index (κ1) is 14.4. The summed E-state index contributed by atoms with van der Waals surface area (Å²) in [5.74, 6) is 0. The van der Waals surface area contributed by atoms with Crippen LogP contribution in [0.3, 0.4) is 0 Å². The highest BCUT2D eigenvalue weighted by Crippen LogP contribution is 2.31. The van der Waals surface area contributed by atoms with E-state index in [1.165, 1.54) is 43.6 Å². The van der Waals surface area contributed by atoms with Gasteiger partial charge in [-0.2, -0.15) is 0 Å². The van der Waals surface area contributed by atoms with Gasteiger partial charge in [-0.1, -0.05) is 15.9 Å². The van der Waals surface area contributed by atoms with Gasteiger partial charge in [-0.05, 0) is 56.5 Å². The number of halogens is 1. The molecule has 0 radical (unpaired) electrons. The van der Waals surface area contributed by atoms with Gasteiger partial charge in [0, 0.05) is 41.9 Å². The van der Waals surface area contributed by atoms with Crippen LogP contribution >= 0.6 is 15.9 Å². The molecule has 0 bridgehead atoms. The second-order valence-corrected chi connectivity index (χ2v) is 7.04. The van der Waals surface area contributed by atoms with Crippen LogP contribution in [0.2, 0.25) is 0 Å². The lowest BCUT2D eigenvalue weighted by molar-refractivity contribution is 0.273. The monoisotopic (exact) mass is 337 g/mol. The summed E-state index contributed by atoms with van der Waals surface area (Å²) in [6, 6.07) is 7.36. The molecule has 2 aliphatic heterocycles. The molecule has 0 aromatic heterocycles. The molecular formula is C16H24BrN3. The van der Waals surface area contributed by atoms with Crippen LogP contribution in [-0.4, -0.2) is 37.1 Å². The number of benzene rings is 1. The van der Waals surface area contributed by atoms with Crippen molar-refractivity contribution in [3.05, 3.63) is 28.2 Å². The molecule has 1 aromatic rings. The van der Waals surface area contributed by atoms with Gasteiger partial charge in [0.1, 0.15) is 0 Å². The molecule has 3 rings (SSSR count). The van der Waals surface area contributed by atoms with Crippen molar-refractivity contribution < 1.29 is 0 Å². The molecule has 2 N–H and O–H groups in total. The summed E-state index contributed by atoms with van der Waals surface area (Å²) in [6.07, 6.45) is 3.96. The maximum Gasteiger partial charge on any atom is 0.0415 e. The average molecular weight is 338 g/mol. The van der Waals surface area contributed by atoms with Crippen molar-refractivity contribution in [2.45, 2.75) is 38.3 Å². The lowest BCUT2D eigenvalue weighted by Gasteiger charge is -2.30. The van der Waals surface area contributed by atoms with E-state index in [9.17, 15) is 0 Å². The highest BCUT2D eigenvalue weighted by molar-refractivity contribution is 9.10. The van der Waals surface area contributed by atoms with E-state index < -0.39 is 0 Å². The third kappa shape index (κ3) is 2.87. The van der Waals surface area contributed by atoms with Crippen LogP contribution in [0.5, 0.6) is 0 Å². The molecule has 2 heterocycles. The van der Waals surface area contributed by atoms with Gasteiger partial charge in [-0.25, -0.2) is 0 Å². The van der Waals surface area contributed by atoms with Crippen molar-refractivity contribution in [3.8, 4) is 0 Å². The van der Waals surface area contributed by atoms with Crippen LogP contribution in [0, 0.1) is 0 Å². The van der Waals surface area contributed by atoms with Gasteiger partial charge in [0.05, 0.1) is 0 Å². The Morgan fingerprint density at radius 3 is 2.85 bits per heavy atom. The highest BCUT2D eigenvalue weighted by atomic mass is 79.9. The van der Waals surface area contributed by atoms with Gasteiger partial charge in [-0.15, -0.1) is 0 Å². The molecule has 0 saturated carbocycles. The summed E-state index contributed by atoms with van der Waals surface area (Å²) in [4.78, 5) is 5.23. The van der Waals surface area contributed by atoms with E-state index >= 15 is 0 Å². The summed E-state index contributed by atoms with van der Waals surface area (Å²) in [6.45, 7) is 6.92. The van der Waals surface area contributed by atoms with E-state index in [-0.39, 0.29) is 6.04 Å². The molecule has 110 valence electrons. The molecule has 2 unspecified atom stereocenters. The van der Waals surface area contributed by atoms with Crippen molar-refractivity contribution in [2.75, 3.05) is 31.1 Å². The van der Waals surface area contributed by atoms with E-state index in [1.54, 1.807) is 0 Å². The van der Waals surface area contributed by atoms with Gasteiger partial charge in [-0.3, -0.25) is 4.90 Å². The lowest BCUT2D eigenvalue weighted by atomic mass is 10.0. The number of anilines is 1. The number of fused-ring (bicyclic) bond motifs is 1. The lowest BCUT2D eigenvalue weighted by Crippen LogP contribution is -2.37. The Morgan fingerprint density at radius 2 is 2.05 bits per heavy atom. The summed E-state index contributed by atoms with van der Waals surface area (Å²) in [7, 11) is 0. The first-order valence-corrected chi connectivity index (χ1v) is 8.48. The quantitative estimate of drug-likeness (QED) is 0.899. The zero-order valence-electron chi connectivity index (χ0n) is 12.2. The minimum Gasteiger partial charge on any atom is -0.370 e. The maximum absolute atomic E-state index is 6.18. The number of hydrogen-bond donors (Lipinski definition) is 1. The van der Waals surface area contributed by atoms with Crippen LogP contribution in [0.4, 0.5) is 5.69 Å². The molecule has 2 fully saturated rings. The predicted octanol–water partition coefficient (Wildman–Crippen LogP) is 3.14. The van der Waals surface area contributed by atoms with Crippen LogP contribution in [-0.2, 0) is 0 Å². The number of nitrogens with two attached hydrogens (primary N) is 1. The summed E-state index contributed by atoms with van der Waals surface area (Å²) in [5, 5.41) is 0. The summed E-state index contributed by atoms with van der Waals surface area (Å²) in [5.41, 5.74) is 8.76. The van der Waals surface area contributed by atoms with Crippen molar-refractivity contribution in [2.24, 2.45) is 5.73 Å². The Hall–Kier alpha value is -0.580. The molecule has 0 spiro atoms. The number of nitrogens with zero attached hydrogens (tertiary/aromatic N) is 2. The van der Waals surface area contributed by atoms with Crippen LogP contribution < -0.4 is 10.6 Å². The van der Waals surface area contributed by atoms with Gasteiger partial charge >= 0.3 is 0 Å². The molecular weight excluding hydrogens is 314 g/mol. The largest absolute Gasteiger partial charge is 0.370 e. The first-order valence-electron chi connectivity index (χ1n) is 7.69. The SMILES string of the molecule is CC(N)c1cc(Br)ccc1N1CCCN2CCCC2C1. The topological polar surface area (TPSA) is 32.5 Å². The van der Waals surface area contributed by atoms with Gasteiger partial charge in [0.15, 0.2) is 0 Å². The van der Waals surface area contributed by atoms with E-state index in [4.69, 9.17) is 5.73 Å². The molecule has 2 atom stereocenters. The van der Waals surface area contributed by atoms with Gasteiger partial charge in [0.2, 0.25) is 0 Å². The Balaban J connectivity index is 1.87. The van der Waals surface area contributed by atoms with E-state index in [0.717, 1.165) is 23.6 Å². The predicted molar refractivity (Wildman–Crippen MR) is 88.2 cm³/mol. The Kier molecular flexibility index (Phi) is 4.34.